The van der Waals surface area contributed by atoms with Crippen LogP contribution in [0.2, 0.25) is 0 Å². The number of hydrogen-bond acceptors (Lipinski definition) is 12. The average molecular weight is 788 g/mol. The summed E-state index contributed by atoms with van der Waals surface area (Å²) in [5, 5.41) is 0. The summed E-state index contributed by atoms with van der Waals surface area (Å²) in [6.45, 7) is 0.512. The molecule has 0 aromatic carbocycles. The van der Waals surface area contributed by atoms with Crippen molar-refractivity contribution in [1.82, 2.24) is 0 Å². The minimum atomic E-state index is -1.12. The molecular formula is C16H24Cl4O12Sn2. The normalized spacial score (nSPS) is 18.7. The van der Waals surface area contributed by atoms with Crippen LogP contribution in [0.5, 0.6) is 0 Å². The van der Waals surface area contributed by atoms with Gasteiger partial charge in [0.2, 0.25) is 0 Å². The molecule has 196 valence electrons. The third kappa shape index (κ3) is 27.1. The Morgan fingerprint density at radius 3 is 0.706 bits per heavy atom. The van der Waals surface area contributed by atoms with Gasteiger partial charge in [-0.3, -0.25) is 0 Å². The molecule has 1 aliphatic rings. The fourth-order valence-corrected chi connectivity index (χ4v) is 1.65. The summed E-state index contributed by atoms with van der Waals surface area (Å²) in [7, 11) is 19.7. The second-order valence-corrected chi connectivity index (χ2v) is 13.6. The Morgan fingerprint density at radius 2 is 0.529 bits per heavy atom. The molecule has 4 radical (unpaired) electrons. The van der Waals surface area contributed by atoms with Crippen molar-refractivity contribution in [3.63, 3.8) is 0 Å². The summed E-state index contributed by atoms with van der Waals surface area (Å²) < 4.78 is 39.2. The number of cyclic esters (lactones) is 4. The van der Waals surface area contributed by atoms with Crippen molar-refractivity contribution in [2.75, 3.05) is 79.3 Å². The molecule has 0 aliphatic carbocycles. The van der Waals surface area contributed by atoms with Gasteiger partial charge < -0.3 is 37.9 Å². The Labute approximate surface area is 232 Å². The summed E-state index contributed by atoms with van der Waals surface area (Å²) in [5.74, 6) is -4.47. The maximum atomic E-state index is 11.4. The van der Waals surface area contributed by atoms with E-state index in [1.165, 1.54) is 0 Å². The Kier molecular flexibility index (Phi) is 32.0. The Bertz CT molecular complexity index is 458. The van der Waals surface area contributed by atoms with Gasteiger partial charge in [-0.05, 0) is 0 Å². The molecule has 0 N–H and O–H groups in total. The summed E-state index contributed by atoms with van der Waals surface area (Å²) in [5.41, 5.74) is 0. The second kappa shape index (κ2) is 29.7. The Balaban J connectivity index is 0. The molecule has 18 heteroatoms. The van der Waals surface area contributed by atoms with Gasteiger partial charge in [0.25, 0.3) is 0 Å². The van der Waals surface area contributed by atoms with Crippen LogP contribution in [-0.4, -0.2) is 141 Å². The molecule has 12 nitrogen and oxygen atoms in total. The van der Waals surface area contributed by atoms with E-state index < -0.39 is 61.7 Å². The molecule has 1 rings (SSSR count). The van der Waals surface area contributed by atoms with Gasteiger partial charge in [-0.2, -0.15) is 0 Å². The van der Waals surface area contributed by atoms with Crippen LogP contribution >= 0.6 is 35.7 Å². The molecule has 0 aromatic rings. The van der Waals surface area contributed by atoms with Crippen LogP contribution in [0.15, 0.2) is 0 Å². The standard InChI is InChI=1S/C16H24O12.4ClH.2Sn/c17-13-14(18)27-11-7-23-3-4-24-8-12-28-16(20)15(19)26-10-6-22-2-1-21-5-9-25-13;;;;;;/h1-12H2;4*1H;;/q;;;;;2*+2/p-4. The molecule has 0 spiro atoms. The molecular weight excluding hydrogens is 763 g/mol. The molecule has 1 saturated heterocycles. The number of esters is 4. The third-order valence-corrected chi connectivity index (χ3v) is 2.92. The van der Waals surface area contributed by atoms with Gasteiger partial charge in [-0.25, -0.2) is 19.2 Å². The van der Waals surface area contributed by atoms with E-state index >= 15 is 0 Å². The monoisotopic (exact) mass is 788 g/mol. The summed E-state index contributed by atoms with van der Waals surface area (Å²) in [4.78, 5) is 45.4. The quantitative estimate of drug-likeness (QED) is 0.144. The van der Waals surface area contributed by atoms with Gasteiger partial charge in [0, 0.05) is 0 Å². The fourth-order valence-electron chi connectivity index (χ4n) is 1.65. The Morgan fingerprint density at radius 1 is 0.382 bits per heavy atom. The van der Waals surface area contributed by atoms with Crippen LogP contribution in [0.1, 0.15) is 0 Å². The molecule has 34 heavy (non-hydrogen) atoms. The van der Waals surface area contributed by atoms with Gasteiger partial charge in [0.05, 0.1) is 52.9 Å². The number of ether oxygens (including phenoxy) is 8. The molecule has 0 bridgehead atoms. The zero-order valence-electron chi connectivity index (χ0n) is 17.9. The predicted octanol–water partition coefficient (Wildman–Crippen LogP) is 0.236. The van der Waals surface area contributed by atoms with E-state index in [0.717, 1.165) is 0 Å². The van der Waals surface area contributed by atoms with Gasteiger partial charge in [0.15, 0.2) is 0 Å². The zero-order valence-corrected chi connectivity index (χ0v) is 26.6. The van der Waals surface area contributed by atoms with Gasteiger partial charge >= 0.3 is 97.3 Å². The number of carbonyl (C=O) groups excluding carboxylic acids is 4. The van der Waals surface area contributed by atoms with Crippen molar-refractivity contribution < 1.29 is 57.1 Å². The summed E-state index contributed by atoms with van der Waals surface area (Å²) in [6.07, 6.45) is 0. The van der Waals surface area contributed by atoms with Crippen molar-refractivity contribution in [2.45, 2.75) is 0 Å². The van der Waals surface area contributed by atoms with Crippen LogP contribution in [0.25, 0.3) is 0 Å². The number of rotatable bonds is 0. The van der Waals surface area contributed by atoms with E-state index in [4.69, 9.17) is 54.6 Å². The van der Waals surface area contributed by atoms with E-state index in [9.17, 15) is 19.2 Å². The van der Waals surface area contributed by atoms with Crippen LogP contribution in [0, 0.1) is 0 Å². The maximum absolute atomic E-state index is 11.4. The molecule has 0 atom stereocenters. The van der Waals surface area contributed by atoms with Crippen LogP contribution < -0.4 is 0 Å². The number of halogens is 4. The molecule has 1 heterocycles. The third-order valence-electron chi connectivity index (χ3n) is 2.92. The average Bonchev–Trinajstić information content (AvgIpc) is 2.81. The van der Waals surface area contributed by atoms with E-state index in [2.05, 4.69) is 18.9 Å². The molecule has 0 saturated carbocycles. The van der Waals surface area contributed by atoms with Crippen molar-refractivity contribution >= 4 is 97.3 Å². The van der Waals surface area contributed by atoms with Gasteiger partial charge in [-0.1, -0.05) is 0 Å². The van der Waals surface area contributed by atoms with Crippen LogP contribution in [-0.2, 0) is 57.1 Å². The van der Waals surface area contributed by atoms with Gasteiger partial charge in [0.1, 0.15) is 26.4 Å². The van der Waals surface area contributed by atoms with E-state index in [1.54, 1.807) is 0 Å². The molecule has 1 aliphatic heterocycles. The van der Waals surface area contributed by atoms with Crippen molar-refractivity contribution in [2.24, 2.45) is 0 Å². The minimum absolute atomic E-state index is 0.0618. The molecule has 1 fully saturated rings. The Hall–Kier alpha value is 0.477. The van der Waals surface area contributed by atoms with Crippen molar-refractivity contribution in [3.8, 4) is 0 Å². The molecule has 0 amide bonds. The topological polar surface area (TPSA) is 142 Å². The summed E-state index contributed by atoms with van der Waals surface area (Å²) in [6, 6.07) is 0. The van der Waals surface area contributed by atoms with Crippen molar-refractivity contribution in [1.29, 1.82) is 0 Å². The second-order valence-electron chi connectivity index (χ2n) is 5.14. The van der Waals surface area contributed by atoms with Crippen LogP contribution in [0.3, 0.4) is 0 Å². The van der Waals surface area contributed by atoms with Crippen LogP contribution in [0.4, 0.5) is 0 Å². The van der Waals surface area contributed by atoms with E-state index in [1.807, 2.05) is 0 Å². The predicted molar refractivity (Wildman–Crippen MR) is 122 cm³/mol. The van der Waals surface area contributed by atoms with Gasteiger partial charge in [-0.15, -0.1) is 0 Å². The first-order valence-electron chi connectivity index (χ1n) is 9.35. The first-order valence-corrected chi connectivity index (χ1v) is 23.8. The van der Waals surface area contributed by atoms with E-state index in [0.29, 0.717) is 0 Å². The number of hydrogen-bond donors (Lipinski definition) is 0. The first-order chi connectivity index (χ1) is 16.4. The molecule has 0 unspecified atom stereocenters. The molecule has 0 aromatic heterocycles. The van der Waals surface area contributed by atoms with Crippen molar-refractivity contribution in [3.05, 3.63) is 0 Å². The number of carbonyl (C=O) groups is 4. The summed E-state index contributed by atoms with van der Waals surface area (Å²) >= 11 is -1.65. The SMILES string of the molecule is O=C1OCCOCCOCCOC(=O)C(=O)OCCOCCOCCOC1=O.[Cl][Sn][Cl].[Cl][Sn][Cl]. The first kappa shape index (κ1) is 36.6. The zero-order chi connectivity index (χ0) is 25.9. The fraction of sp³-hybridized carbons (Fsp3) is 0.750. The van der Waals surface area contributed by atoms with E-state index in [-0.39, 0.29) is 79.3 Å².